The predicted molar refractivity (Wildman–Crippen MR) is 97.8 cm³/mol. The highest BCUT2D eigenvalue weighted by molar-refractivity contribution is 8.00. The number of carbonyl (C=O) groups excluding carboxylic acids is 1. The molecule has 1 heterocycles. The average molecular weight is 337 g/mol. The van der Waals surface area contributed by atoms with Crippen LogP contribution in [-0.2, 0) is 11.3 Å². The lowest BCUT2D eigenvalue weighted by Gasteiger charge is -2.15. The van der Waals surface area contributed by atoms with Crippen LogP contribution in [0.3, 0.4) is 0 Å². The van der Waals surface area contributed by atoms with E-state index in [1.54, 1.807) is 6.20 Å². The van der Waals surface area contributed by atoms with Crippen LogP contribution in [0.5, 0.6) is 0 Å². The Morgan fingerprint density at radius 1 is 1.12 bits per heavy atom. The van der Waals surface area contributed by atoms with Crippen LogP contribution in [-0.4, -0.2) is 21.4 Å². The van der Waals surface area contributed by atoms with Crippen molar-refractivity contribution in [3.63, 3.8) is 0 Å². The lowest BCUT2D eigenvalue weighted by molar-refractivity contribution is -0.120. The largest absolute Gasteiger partial charge is 0.351 e. The average Bonchev–Trinajstić information content (AvgIpc) is 2.65. The predicted octanol–water partition coefficient (Wildman–Crippen LogP) is 3.82. The van der Waals surface area contributed by atoms with Crippen molar-refractivity contribution in [2.45, 2.75) is 30.2 Å². The number of fused-ring (bicyclic) bond motifs is 1. The molecule has 24 heavy (non-hydrogen) atoms. The van der Waals surface area contributed by atoms with E-state index < -0.39 is 0 Å². The van der Waals surface area contributed by atoms with Gasteiger partial charge in [0.15, 0.2) is 0 Å². The van der Waals surface area contributed by atoms with Crippen LogP contribution in [0, 0.1) is 0 Å². The topological polar surface area (TPSA) is 54.9 Å². The standard InChI is InChI=1S/C19H19N3OS/c1-2-17(18(23)20-12-14-8-4-3-5-9-14)24-19-16-11-7-6-10-15(16)13-21-22-19/h3-11,13,17H,2,12H2,1H3,(H,20,23)/t17-/m1/s1. The Kier molecular flexibility index (Phi) is 5.43. The van der Waals surface area contributed by atoms with Crippen molar-refractivity contribution in [2.24, 2.45) is 0 Å². The molecule has 0 aliphatic rings. The van der Waals surface area contributed by atoms with Gasteiger partial charge >= 0.3 is 0 Å². The van der Waals surface area contributed by atoms with Crippen LogP contribution in [0.25, 0.3) is 10.8 Å². The Bertz CT molecular complexity index is 818. The normalized spacial score (nSPS) is 12.0. The summed E-state index contributed by atoms with van der Waals surface area (Å²) >= 11 is 1.48. The first-order valence-corrected chi connectivity index (χ1v) is 8.84. The van der Waals surface area contributed by atoms with E-state index in [0.717, 1.165) is 27.8 Å². The Morgan fingerprint density at radius 3 is 2.67 bits per heavy atom. The summed E-state index contributed by atoms with van der Waals surface area (Å²) < 4.78 is 0. The highest BCUT2D eigenvalue weighted by Gasteiger charge is 2.19. The summed E-state index contributed by atoms with van der Waals surface area (Å²) in [7, 11) is 0. The Balaban J connectivity index is 1.70. The summed E-state index contributed by atoms with van der Waals surface area (Å²) in [5.74, 6) is 0.0288. The first-order chi connectivity index (χ1) is 11.8. The van der Waals surface area contributed by atoms with Crippen molar-refractivity contribution in [1.82, 2.24) is 15.5 Å². The number of amides is 1. The highest BCUT2D eigenvalue weighted by atomic mass is 32.2. The molecule has 0 radical (unpaired) electrons. The van der Waals surface area contributed by atoms with E-state index in [0.29, 0.717) is 6.54 Å². The van der Waals surface area contributed by atoms with E-state index in [9.17, 15) is 4.79 Å². The van der Waals surface area contributed by atoms with Gasteiger partial charge in [0.25, 0.3) is 0 Å². The molecule has 0 saturated heterocycles. The van der Waals surface area contributed by atoms with Gasteiger partial charge in [-0.1, -0.05) is 73.3 Å². The van der Waals surface area contributed by atoms with Gasteiger partial charge in [0, 0.05) is 17.3 Å². The Hall–Kier alpha value is -2.40. The van der Waals surface area contributed by atoms with Crippen molar-refractivity contribution >= 4 is 28.4 Å². The number of nitrogens with one attached hydrogen (secondary N) is 1. The SMILES string of the molecule is CC[C@@H](Sc1nncc2ccccc12)C(=O)NCc1ccccc1. The molecule has 1 N–H and O–H groups in total. The van der Waals surface area contributed by atoms with Crippen LogP contribution in [0.4, 0.5) is 0 Å². The van der Waals surface area contributed by atoms with Crippen molar-refractivity contribution in [1.29, 1.82) is 0 Å². The van der Waals surface area contributed by atoms with Crippen LogP contribution >= 0.6 is 11.8 Å². The molecule has 1 atom stereocenters. The van der Waals surface area contributed by atoms with E-state index in [2.05, 4.69) is 15.5 Å². The van der Waals surface area contributed by atoms with Gasteiger partial charge in [0.2, 0.25) is 5.91 Å². The number of hydrogen-bond acceptors (Lipinski definition) is 4. The second-order valence-electron chi connectivity index (χ2n) is 5.46. The summed E-state index contributed by atoms with van der Waals surface area (Å²) in [5, 5.41) is 14.0. The van der Waals surface area contributed by atoms with Crippen molar-refractivity contribution in [3.8, 4) is 0 Å². The second kappa shape index (κ2) is 7.93. The van der Waals surface area contributed by atoms with Gasteiger partial charge in [0.05, 0.1) is 11.4 Å². The zero-order valence-electron chi connectivity index (χ0n) is 13.5. The first-order valence-electron chi connectivity index (χ1n) is 7.96. The molecular weight excluding hydrogens is 318 g/mol. The summed E-state index contributed by atoms with van der Waals surface area (Å²) in [5.41, 5.74) is 1.09. The van der Waals surface area contributed by atoms with E-state index in [-0.39, 0.29) is 11.2 Å². The zero-order valence-corrected chi connectivity index (χ0v) is 14.3. The fraction of sp³-hybridized carbons (Fsp3) is 0.211. The van der Waals surface area contributed by atoms with Crippen LogP contribution in [0.1, 0.15) is 18.9 Å². The van der Waals surface area contributed by atoms with Crippen LogP contribution in [0.15, 0.2) is 65.8 Å². The third-order valence-corrected chi connectivity index (χ3v) is 5.12. The molecule has 0 fully saturated rings. The second-order valence-corrected chi connectivity index (χ2v) is 6.65. The molecule has 122 valence electrons. The van der Waals surface area contributed by atoms with E-state index in [1.165, 1.54) is 11.8 Å². The Morgan fingerprint density at radius 2 is 1.88 bits per heavy atom. The van der Waals surface area contributed by atoms with Crippen molar-refractivity contribution in [2.75, 3.05) is 0 Å². The summed E-state index contributed by atoms with van der Waals surface area (Å²) in [6, 6.07) is 17.9. The van der Waals surface area contributed by atoms with Gasteiger partial charge in [-0.25, -0.2) is 0 Å². The fourth-order valence-corrected chi connectivity index (χ4v) is 3.48. The fourth-order valence-electron chi connectivity index (χ4n) is 2.44. The molecule has 1 amide bonds. The van der Waals surface area contributed by atoms with Gasteiger partial charge in [-0.15, -0.1) is 5.10 Å². The lowest BCUT2D eigenvalue weighted by Crippen LogP contribution is -2.31. The van der Waals surface area contributed by atoms with Gasteiger partial charge in [-0.2, -0.15) is 5.10 Å². The lowest BCUT2D eigenvalue weighted by atomic mass is 10.2. The molecule has 4 nitrogen and oxygen atoms in total. The zero-order chi connectivity index (χ0) is 16.8. The van der Waals surface area contributed by atoms with Gasteiger partial charge in [0.1, 0.15) is 5.03 Å². The number of benzene rings is 2. The summed E-state index contributed by atoms with van der Waals surface area (Å²) in [6.45, 7) is 2.55. The molecule has 3 rings (SSSR count). The number of carbonyl (C=O) groups is 1. The maximum atomic E-state index is 12.5. The monoisotopic (exact) mass is 337 g/mol. The van der Waals surface area contributed by atoms with E-state index in [4.69, 9.17) is 0 Å². The van der Waals surface area contributed by atoms with Gasteiger partial charge in [-0.3, -0.25) is 4.79 Å². The quantitative estimate of drug-likeness (QED) is 0.695. The maximum Gasteiger partial charge on any atom is 0.233 e. The molecule has 0 aliphatic carbocycles. The summed E-state index contributed by atoms with van der Waals surface area (Å²) in [6.07, 6.45) is 2.48. The minimum Gasteiger partial charge on any atom is -0.351 e. The molecule has 2 aromatic carbocycles. The smallest absolute Gasteiger partial charge is 0.233 e. The number of rotatable bonds is 6. The molecular formula is C19H19N3OS. The van der Waals surface area contributed by atoms with Crippen molar-refractivity contribution < 1.29 is 4.79 Å². The third kappa shape index (κ3) is 3.92. The molecule has 0 unspecified atom stereocenters. The van der Waals surface area contributed by atoms with Gasteiger partial charge < -0.3 is 5.32 Å². The molecule has 3 aromatic rings. The van der Waals surface area contributed by atoms with E-state index in [1.807, 2.05) is 61.5 Å². The molecule has 0 aliphatic heterocycles. The Labute approximate surface area is 145 Å². The number of nitrogens with zero attached hydrogens (tertiary/aromatic N) is 2. The highest BCUT2D eigenvalue weighted by Crippen LogP contribution is 2.29. The summed E-state index contributed by atoms with van der Waals surface area (Å²) in [4.78, 5) is 12.5. The number of aromatic nitrogens is 2. The number of thioether (sulfide) groups is 1. The van der Waals surface area contributed by atoms with Gasteiger partial charge in [-0.05, 0) is 12.0 Å². The van der Waals surface area contributed by atoms with E-state index >= 15 is 0 Å². The minimum absolute atomic E-state index is 0.0288. The maximum absolute atomic E-state index is 12.5. The van der Waals surface area contributed by atoms with Crippen molar-refractivity contribution in [3.05, 3.63) is 66.4 Å². The molecule has 0 bridgehead atoms. The minimum atomic E-state index is -0.186. The third-order valence-electron chi connectivity index (χ3n) is 3.76. The van der Waals surface area contributed by atoms with Crippen LogP contribution in [0.2, 0.25) is 0 Å². The first kappa shape index (κ1) is 16.5. The molecule has 5 heteroatoms. The molecule has 0 saturated carbocycles. The molecule has 0 spiro atoms. The molecule has 1 aromatic heterocycles. The number of hydrogen-bond donors (Lipinski definition) is 1. The van der Waals surface area contributed by atoms with Crippen LogP contribution < -0.4 is 5.32 Å².